The molecule has 186 valence electrons. The maximum absolute atomic E-state index is 12.5. The number of amides is 2. The summed E-state index contributed by atoms with van der Waals surface area (Å²) >= 11 is 0. The number of rotatable bonds is 9. The minimum absolute atomic E-state index is 0.00603. The molecule has 1 fully saturated rings. The van der Waals surface area contributed by atoms with Crippen molar-refractivity contribution >= 4 is 18.0 Å². The Morgan fingerprint density at radius 2 is 1.66 bits per heavy atom. The minimum atomic E-state index is -1.49. The quantitative estimate of drug-likeness (QED) is 0.436. The highest BCUT2D eigenvalue weighted by Gasteiger charge is 2.31. The molecule has 0 aliphatic heterocycles. The third-order valence-corrected chi connectivity index (χ3v) is 6.88. The Balaban J connectivity index is 1.22. The Bertz CT molecular complexity index is 1050. The summed E-state index contributed by atoms with van der Waals surface area (Å²) < 4.78 is 5.62. The van der Waals surface area contributed by atoms with E-state index in [2.05, 4.69) is 34.9 Å². The van der Waals surface area contributed by atoms with Gasteiger partial charge in [-0.15, -0.1) is 0 Å². The Morgan fingerprint density at radius 3 is 2.29 bits per heavy atom. The molecule has 2 aromatic rings. The van der Waals surface area contributed by atoms with E-state index in [4.69, 9.17) is 9.84 Å². The molecular formula is C27H32N2O6. The van der Waals surface area contributed by atoms with Gasteiger partial charge in [-0.3, -0.25) is 9.59 Å². The fourth-order valence-electron chi connectivity index (χ4n) is 5.21. The fourth-order valence-corrected chi connectivity index (χ4v) is 5.21. The minimum Gasteiger partial charge on any atom is -0.481 e. The van der Waals surface area contributed by atoms with Crippen LogP contribution in [-0.4, -0.2) is 53.0 Å². The van der Waals surface area contributed by atoms with Crippen LogP contribution in [0.4, 0.5) is 4.79 Å². The van der Waals surface area contributed by atoms with Crippen LogP contribution in [0.1, 0.15) is 56.1 Å². The molecule has 8 heteroatoms. The molecule has 1 saturated carbocycles. The van der Waals surface area contributed by atoms with Crippen molar-refractivity contribution in [3.63, 3.8) is 0 Å². The molecule has 3 atom stereocenters. The lowest BCUT2D eigenvalue weighted by Crippen LogP contribution is -2.42. The zero-order valence-corrected chi connectivity index (χ0v) is 19.8. The molecule has 4 rings (SSSR count). The van der Waals surface area contributed by atoms with Crippen LogP contribution in [0, 0.1) is 5.92 Å². The van der Waals surface area contributed by atoms with Gasteiger partial charge in [-0.05, 0) is 54.4 Å². The Morgan fingerprint density at radius 1 is 1.03 bits per heavy atom. The molecule has 0 aromatic heterocycles. The van der Waals surface area contributed by atoms with Gasteiger partial charge in [-0.1, -0.05) is 48.5 Å². The lowest BCUT2D eigenvalue weighted by molar-refractivity contribution is -0.142. The Hall–Kier alpha value is -3.39. The zero-order valence-electron chi connectivity index (χ0n) is 19.8. The normalized spacial score (nSPS) is 20.4. The predicted molar refractivity (Wildman–Crippen MR) is 130 cm³/mol. The van der Waals surface area contributed by atoms with Crippen molar-refractivity contribution < 1.29 is 29.3 Å². The Kier molecular flexibility index (Phi) is 7.40. The second-order valence-corrected chi connectivity index (χ2v) is 9.89. The van der Waals surface area contributed by atoms with Crippen LogP contribution in [0.15, 0.2) is 48.5 Å². The number of alkyl carbamates (subject to hydrolysis) is 1. The molecule has 0 radical (unpaired) electrons. The van der Waals surface area contributed by atoms with Crippen molar-refractivity contribution in [3.8, 4) is 11.1 Å². The first-order chi connectivity index (χ1) is 16.7. The predicted octanol–water partition coefficient (Wildman–Crippen LogP) is 3.43. The van der Waals surface area contributed by atoms with Gasteiger partial charge in [0.05, 0.1) is 12.0 Å². The third-order valence-electron chi connectivity index (χ3n) is 6.88. The highest BCUT2D eigenvalue weighted by atomic mass is 16.5. The van der Waals surface area contributed by atoms with Crippen molar-refractivity contribution in [2.24, 2.45) is 5.92 Å². The number of fused-ring (bicyclic) bond motifs is 3. The summed E-state index contributed by atoms with van der Waals surface area (Å²) in [6, 6.07) is 16.3. The molecule has 2 aliphatic carbocycles. The van der Waals surface area contributed by atoms with Crippen molar-refractivity contribution in [3.05, 3.63) is 59.7 Å². The fraction of sp³-hybridized carbons (Fsp3) is 0.444. The van der Waals surface area contributed by atoms with Gasteiger partial charge >= 0.3 is 12.1 Å². The highest BCUT2D eigenvalue weighted by Crippen LogP contribution is 2.44. The Labute approximate surface area is 204 Å². The van der Waals surface area contributed by atoms with Crippen LogP contribution in [-0.2, 0) is 14.3 Å². The summed E-state index contributed by atoms with van der Waals surface area (Å²) in [4.78, 5) is 35.5. The molecule has 2 amide bonds. The van der Waals surface area contributed by atoms with E-state index in [1.54, 1.807) is 0 Å². The SMILES string of the molecule is CC(O)(CNC(=O)C[C@H]1CC[C@@H](NC(=O)OCC2c3ccccc3-c3ccccc32)C1)CC(=O)O. The third kappa shape index (κ3) is 6.19. The molecule has 0 heterocycles. The van der Waals surface area contributed by atoms with Gasteiger partial charge in [0.2, 0.25) is 5.91 Å². The summed E-state index contributed by atoms with van der Waals surface area (Å²) in [5.74, 6) is -1.24. The standard InChI is InChI=1S/C27H32N2O6/c1-27(34,14-25(31)32)16-28-24(30)13-17-10-11-18(12-17)29-26(33)35-15-23-21-8-4-2-6-19(21)20-7-3-5-9-22(20)23/h2-9,17-18,23,34H,10-16H2,1H3,(H,28,30)(H,29,33)(H,31,32)/t17-,18+,27?/m0/s1. The number of carboxylic acid groups (broad SMARTS) is 1. The average Bonchev–Trinajstić information content (AvgIpc) is 3.37. The summed E-state index contributed by atoms with van der Waals surface area (Å²) in [5.41, 5.74) is 3.19. The first-order valence-corrected chi connectivity index (χ1v) is 12.0. The molecule has 35 heavy (non-hydrogen) atoms. The molecule has 0 bridgehead atoms. The topological polar surface area (TPSA) is 125 Å². The molecular weight excluding hydrogens is 448 g/mol. The molecule has 8 nitrogen and oxygen atoms in total. The van der Waals surface area contributed by atoms with E-state index in [-0.39, 0.29) is 43.4 Å². The first-order valence-electron chi connectivity index (χ1n) is 12.0. The van der Waals surface area contributed by atoms with Gasteiger partial charge in [-0.2, -0.15) is 0 Å². The van der Waals surface area contributed by atoms with Crippen molar-refractivity contribution in [1.82, 2.24) is 10.6 Å². The first kappa shape index (κ1) is 24.7. The largest absolute Gasteiger partial charge is 0.481 e. The second-order valence-electron chi connectivity index (χ2n) is 9.89. The van der Waals surface area contributed by atoms with Gasteiger partial charge in [0.1, 0.15) is 6.61 Å². The molecule has 4 N–H and O–H groups in total. The van der Waals surface area contributed by atoms with Gasteiger partial charge in [-0.25, -0.2) is 4.79 Å². The number of hydrogen-bond acceptors (Lipinski definition) is 5. The number of aliphatic hydroxyl groups is 1. The van der Waals surface area contributed by atoms with E-state index in [0.717, 1.165) is 24.0 Å². The molecule has 0 saturated heterocycles. The van der Waals surface area contributed by atoms with E-state index in [1.807, 2.05) is 24.3 Å². The van der Waals surface area contributed by atoms with E-state index in [1.165, 1.54) is 18.1 Å². The van der Waals surface area contributed by atoms with Gasteiger partial charge in [0.15, 0.2) is 0 Å². The molecule has 2 aromatic carbocycles. The summed E-state index contributed by atoms with van der Waals surface area (Å²) in [6.07, 6.45) is 1.61. The summed E-state index contributed by atoms with van der Waals surface area (Å²) in [7, 11) is 0. The van der Waals surface area contributed by atoms with Crippen LogP contribution in [0.5, 0.6) is 0 Å². The van der Waals surface area contributed by atoms with Gasteiger partial charge in [0, 0.05) is 24.9 Å². The van der Waals surface area contributed by atoms with E-state index in [9.17, 15) is 19.5 Å². The van der Waals surface area contributed by atoms with Gasteiger partial charge < -0.3 is 25.6 Å². The second kappa shape index (κ2) is 10.5. The lowest BCUT2D eigenvalue weighted by atomic mass is 9.98. The van der Waals surface area contributed by atoms with Crippen LogP contribution in [0.2, 0.25) is 0 Å². The summed E-state index contributed by atoms with van der Waals surface area (Å²) in [5, 5.41) is 24.4. The molecule has 1 unspecified atom stereocenters. The number of nitrogens with one attached hydrogen (secondary N) is 2. The summed E-state index contributed by atoms with van der Waals surface area (Å²) in [6.45, 7) is 1.52. The van der Waals surface area contributed by atoms with E-state index < -0.39 is 24.1 Å². The van der Waals surface area contributed by atoms with Crippen LogP contribution < -0.4 is 10.6 Å². The highest BCUT2D eigenvalue weighted by molar-refractivity contribution is 5.79. The van der Waals surface area contributed by atoms with E-state index in [0.29, 0.717) is 6.42 Å². The van der Waals surface area contributed by atoms with Crippen LogP contribution >= 0.6 is 0 Å². The smallest absolute Gasteiger partial charge is 0.407 e. The van der Waals surface area contributed by atoms with Crippen molar-refractivity contribution in [2.75, 3.05) is 13.2 Å². The number of ether oxygens (including phenoxy) is 1. The lowest BCUT2D eigenvalue weighted by Gasteiger charge is -2.22. The number of carbonyl (C=O) groups excluding carboxylic acids is 2. The number of carboxylic acids is 1. The van der Waals surface area contributed by atoms with E-state index >= 15 is 0 Å². The molecule has 0 spiro atoms. The van der Waals surface area contributed by atoms with Crippen LogP contribution in [0.3, 0.4) is 0 Å². The number of benzene rings is 2. The maximum atomic E-state index is 12.5. The average molecular weight is 481 g/mol. The maximum Gasteiger partial charge on any atom is 0.407 e. The monoisotopic (exact) mass is 480 g/mol. The number of carbonyl (C=O) groups is 3. The molecule has 2 aliphatic rings. The zero-order chi connectivity index (χ0) is 25.0. The van der Waals surface area contributed by atoms with Crippen molar-refractivity contribution in [2.45, 2.75) is 56.6 Å². The van der Waals surface area contributed by atoms with Gasteiger partial charge in [0.25, 0.3) is 0 Å². The number of aliphatic carboxylic acids is 1. The van der Waals surface area contributed by atoms with Crippen LogP contribution in [0.25, 0.3) is 11.1 Å². The number of hydrogen-bond donors (Lipinski definition) is 4. The van der Waals surface area contributed by atoms with Crippen molar-refractivity contribution in [1.29, 1.82) is 0 Å².